The van der Waals surface area contributed by atoms with E-state index in [1.165, 1.54) is 5.56 Å². The minimum Gasteiger partial charge on any atom is -0.488 e. The summed E-state index contributed by atoms with van der Waals surface area (Å²) in [6.45, 7) is 4.69. The molecule has 2 rings (SSSR count). The van der Waals surface area contributed by atoms with E-state index in [0.29, 0.717) is 6.61 Å². The smallest absolute Gasteiger partial charge is 0.126 e. The Morgan fingerprint density at radius 3 is 2.50 bits per heavy atom. The Bertz CT molecular complexity index is 440. The Morgan fingerprint density at radius 2 is 1.81 bits per heavy atom. The van der Waals surface area contributed by atoms with Crippen molar-refractivity contribution in [1.82, 2.24) is 0 Å². The second kappa shape index (κ2) is 4.84. The molecule has 0 unspecified atom stereocenters. The van der Waals surface area contributed by atoms with Crippen LogP contribution in [0.2, 0.25) is 0 Å². The minimum absolute atomic E-state index is 0.611. The highest BCUT2D eigenvalue weighted by Gasteiger charge is 2.03. The van der Waals surface area contributed by atoms with Crippen molar-refractivity contribution in [2.24, 2.45) is 0 Å². The zero-order valence-corrected chi connectivity index (χ0v) is 9.66. The van der Waals surface area contributed by atoms with E-state index >= 15 is 0 Å². The summed E-state index contributed by atoms with van der Waals surface area (Å²) < 4.78 is 5.82. The van der Waals surface area contributed by atoms with Gasteiger partial charge in [0.25, 0.3) is 0 Å². The van der Waals surface area contributed by atoms with Crippen LogP contribution >= 0.6 is 0 Å². The molecule has 0 bridgehead atoms. The molecule has 0 amide bonds. The van der Waals surface area contributed by atoms with Gasteiger partial charge in [0, 0.05) is 0 Å². The van der Waals surface area contributed by atoms with Crippen molar-refractivity contribution in [3.8, 4) is 5.75 Å². The van der Waals surface area contributed by atoms with Gasteiger partial charge in [-0.1, -0.05) is 42.5 Å². The summed E-state index contributed by atoms with van der Waals surface area (Å²) in [5.74, 6) is 0.950. The minimum atomic E-state index is 0.611. The quantitative estimate of drug-likeness (QED) is 0.752. The highest BCUT2D eigenvalue weighted by Crippen LogP contribution is 2.22. The zero-order chi connectivity index (χ0) is 11.4. The van der Waals surface area contributed by atoms with E-state index in [-0.39, 0.29) is 0 Å². The molecule has 0 aliphatic rings. The van der Waals surface area contributed by atoms with Gasteiger partial charge in [-0.3, -0.25) is 0 Å². The maximum atomic E-state index is 5.82. The summed E-state index contributed by atoms with van der Waals surface area (Å²) in [5.41, 5.74) is 3.41. The van der Waals surface area contributed by atoms with Gasteiger partial charge in [0.2, 0.25) is 0 Å². The standard InChI is InChI=1S/C15H15O/c1-12-7-6-8-13(2)15(12)16-11-14-9-4-3-5-10-14/h3-7,9-10H,11H2,1-2H3. The molecule has 0 saturated heterocycles. The molecule has 1 nitrogen and oxygen atoms in total. The third-order valence-electron chi connectivity index (χ3n) is 2.56. The summed E-state index contributed by atoms with van der Waals surface area (Å²) in [6.07, 6.45) is 0. The third kappa shape index (κ3) is 2.43. The molecule has 0 fully saturated rings. The van der Waals surface area contributed by atoms with Gasteiger partial charge in [-0.15, -0.1) is 0 Å². The van der Waals surface area contributed by atoms with E-state index in [2.05, 4.69) is 25.1 Å². The Hall–Kier alpha value is -1.76. The van der Waals surface area contributed by atoms with Crippen molar-refractivity contribution < 1.29 is 4.74 Å². The normalized spacial score (nSPS) is 10.1. The Kier molecular flexibility index (Phi) is 3.25. The first-order valence-electron chi connectivity index (χ1n) is 5.42. The van der Waals surface area contributed by atoms with Gasteiger partial charge in [-0.2, -0.15) is 0 Å². The van der Waals surface area contributed by atoms with Crippen LogP contribution in [-0.2, 0) is 6.61 Å². The number of hydrogen-bond donors (Lipinski definition) is 0. The number of benzene rings is 2. The number of hydrogen-bond acceptors (Lipinski definition) is 1. The van der Waals surface area contributed by atoms with E-state index in [1.54, 1.807) is 0 Å². The van der Waals surface area contributed by atoms with Crippen molar-refractivity contribution in [1.29, 1.82) is 0 Å². The largest absolute Gasteiger partial charge is 0.488 e. The first kappa shape index (κ1) is 10.7. The van der Waals surface area contributed by atoms with Gasteiger partial charge in [0.1, 0.15) is 12.4 Å². The average molecular weight is 211 g/mol. The summed E-state index contributed by atoms with van der Waals surface area (Å²) in [6, 6.07) is 17.3. The topological polar surface area (TPSA) is 9.23 Å². The first-order chi connectivity index (χ1) is 7.77. The van der Waals surface area contributed by atoms with Crippen LogP contribution < -0.4 is 4.74 Å². The van der Waals surface area contributed by atoms with E-state index in [1.807, 2.05) is 37.3 Å². The van der Waals surface area contributed by atoms with E-state index < -0.39 is 0 Å². The third-order valence-corrected chi connectivity index (χ3v) is 2.56. The van der Waals surface area contributed by atoms with Crippen molar-refractivity contribution in [2.75, 3.05) is 0 Å². The molecule has 0 aliphatic carbocycles. The SMILES string of the molecule is Cc1[c]ccc(C)c1OCc1ccccc1. The number of ether oxygens (including phenoxy) is 1. The molecule has 2 aromatic carbocycles. The molecular formula is C15H15O. The fourth-order valence-electron chi connectivity index (χ4n) is 1.68. The summed E-state index contributed by atoms with van der Waals surface area (Å²) in [4.78, 5) is 0. The van der Waals surface area contributed by atoms with Crippen molar-refractivity contribution in [2.45, 2.75) is 20.5 Å². The van der Waals surface area contributed by atoms with Crippen LogP contribution in [0.25, 0.3) is 0 Å². The van der Waals surface area contributed by atoms with Gasteiger partial charge in [0.15, 0.2) is 0 Å². The molecule has 0 atom stereocenters. The lowest BCUT2D eigenvalue weighted by Gasteiger charge is -2.11. The molecule has 1 heteroatoms. The molecule has 0 heterocycles. The van der Waals surface area contributed by atoms with Crippen LogP contribution in [0.1, 0.15) is 16.7 Å². The molecular weight excluding hydrogens is 196 g/mol. The number of aryl methyl sites for hydroxylation is 2. The van der Waals surface area contributed by atoms with Gasteiger partial charge in [-0.05, 0) is 36.6 Å². The van der Waals surface area contributed by atoms with Crippen LogP contribution in [0.4, 0.5) is 0 Å². The molecule has 16 heavy (non-hydrogen) atoms. The lowest BCUT2D eigenvalue weighted by molar-refractivity contribution is 0.302. The Morgan fingerprint density at radius 1 is 1.06 bits per heavy atom. The summed E-state index contributed by atoms with van der Waals surface area (Å²) >= 11 is 0. The van der Waals surface area contributed by atoms with Gasteiger partial charge < -0.3 is 4.74 Å². The second-order valence-electron chi connectivity index (χ2n) is 3.89. The molecule has 1 radical (unpaired) electrons. The molecule has 0 aromatic heterocycles. The molecule has 2 aromatic rings. The Labute approximate surface area is 96.7 Å². The fraction of sp³-hybridized carbons (Fsp3) is 0.200. The van der Waals surface area contributed by atoms with Gasteiger partial charge >= 0.3 is 0 Å². The summed E-state index contributed by atoms with van der Waals surface area (Å²) in [5, 5.41) is 0. The molecule has 0 spiro atoms. The monoisotopic (exact) mass is 211 g/mol. The molecule has 81 valence electrons. The lowest BCUT2D eigenvalue weighted by Crippen LogP contribution is -1.98. The predicted octanol–water partition coefficient (Wildman–Crippen LogP) is 3.68. The number of rotatable bonds is 3. The highest BCUT2D eigenvalue weighted by atomic mass is 16.5. The fourth-order valence-corrected chi connectivity index (χ4v) is 1.68. The molecule has 0 aliphatic heterocycles. The van der Waals surface area contributed by atoms with Crippen LogP contribution in [-0.4, -0.2) is 0 Å². The van der Waals surface area contributed by atoms with E-state index in [0.717, 1.165) is 16.9 Å². The van der Waals surface area contributed by atoms with Crippen molar-refractivity contribution in [3.63, 3.8) is 0 Å². The van der Waals surface area contributed by atoms with E-state index in [4.69, 9.17) is 4.74 Å². The van der Waals surface area contributed by atoms with Crippen LogP contribution in [0.3, 0.4) is 0 Å². The van der Waals surface area contributed by atoms with Crippen molar-refractivity contribution in [3.05, 3.63) is 65.2 Å². The van der Waals surface area contributed by atoms with Crippen LogP contribution in [0, 0.1) is 19.9 Å². The predicted molar refractivity (Wildman–Crippen MR) is 65.5 cm³/mol. The van der Waals surface area contributed by atoms with Crippen LogP contribution in [0.15, 0.2) is 42.5 Å². The highest BCUT2D eigenvalue weighted by molar-refractivity contribution is 5.39. The van der Waals surface area contributed by atoms with Gasteiger partial charge in [0.05, 0.1) is 0 Å². The van der Waals surface area contributed by atoms with Crippen molar-refractivity contribution >= 4 is 0 Å². The van der Waals surface area contributed by atoms with E-state index in [9.17, 15) is 0 Å². The lowest BCUT2D eigenvalue weighted by atomic mass is 10.1. The summed E-state index contributed by atoms with van der Waals surface area (Å²) in [7, 11) is 0. The zero-order valence-electron chi connectivity index (χ0n) is 9.66. The van der Waals surface area contributed by atoms with Gasteiger partial charge in [-0.25, -0.2) is 0 Å². The average Bonchev–Trinajstić information content (AvgIpc) is 2.30. The maximum absolute atomic E-state index is 5.82. The maximum Gasteiger partial charge on any atom is 0.126 e. The molecule has 0 N–H and O–H groups in total. The van der Waals surface area contributed by atoms with Crippen LogP contribution in [0.5, 0.6) is 5.75 Å². The first-order valence-corrected chi connectivity index (χ1v) is 5.42. The second-order valence-corrected chi connectivity index (χ2v) is 3.89. The Balaban J connectivity index is 2.11. The molecule has 0 saturated carbocycles.